The van der Waals surface area contributed by atoms with Crippen LogP contribution in [0.3, 0.4) is 0 Å². The number of hydrogen-bond donors (Lipinski definition) is 1. The molecule has 6 heterocycles. The second kappa shape index (κ2) is 13.0. The van der Waals surface area contributed by atoms with E-state index in [0.717, 1.165) is 30.4 Å². The minimum atomic E-state index is -0.264. The van der Waals surface area contributed by atoms with E-state index in [9.17, 15) is 4.39 Å². The topological polar surface area (TPSA) is 115 Å². The van der Waals surface area contributed by atoms with Crippen LogP contribution >= 0.6 is 57.5 Å². The van der Waals surface area contributed by atoms with Gasteiger partial charge in [0.1, 0.15) is 37.8 Å². The molecule has 0 saturated heterocycles. The van der Waals surface area contributed by atoms with E-state index in [1.165, 1.54) is 34.8 Å². The second-order valence-electron chi connectivity index (χ2n) is 9.20. The first kappa shape index (κ1) is 30.1. The highest BCUT2D eigenvalue weighted by molar-refractivity contribution is 7.19. The van der Waals surface area contributed by atoms with Gasteiger partial charge < -0.3 is 5.32 Å². The molecule has 6 aromatic heterocycles. The summed E-state index contributed by atoms with van der Waals surface area (Å²) in [6, 6.07) is 6.31. The van der Waals surface area contributed by atoms with Gasteiger partial charge in [-0.25, -0.2) is 34.3 Å². The van der Waals surface area contributed by atoms with Crippen molar-refractivity contribution in [2.24, 2.45) is 0 Å². The number of fused-ring (bicyclic) bond motifs is 2. The molecule has 0 aliphatic heterocycles. The van der Waals surface area contributed by atoms with Crippen LogP contribution in [0.5, 0.6) is 0 Å². The lowest BCUT2D eigenvalue weighted by atomic mass is 10.2. The number of nitrogens with one attached hydrogen (secondary N) is 1. The monoisotopic (exact) mass is 681 g/mol. The Hall–Kier alpha value is -3.94. The number of anilines is 1. The Labute approximate surface area is 273 Å². The second-order valence-corrected chi connectivity index (χ2v) is 12.7. The highest BCUT2D eigenvalue weighted by Gasteiger charge is 2.18. The van der Waals surface area contributed by atoms with Gasteiger partial charge in [0.25, 0.3) is 0 Å². The SMILES string of the molecule is Cc1sc2nc(-c3cnccn3)nc(Cl)c2c1Cl.Cc1sc2nc(-c3cnccn3)nc(NCc3ccc(F)cc3)c2c1Cl. The third kappa shape index (κ3) is 6.30. The number of thiophene rings is 2. The number of hydrogen-bond acceptors (Lipinski definition) is 11. The minimum Gasteiger partial charge on any atom is -0.365 e. The largest absolute Gasteiger partial charge is 0.365 e. The summed E-state index contributed by atoms with van der Waals surface area (Å²) in [4.78, 5) is 37.8. The molecule has 9 nitrogen and oxygen atoms in total. The first-order chi connectivity index (χ1) is 21.3. The molecule has 1 N–H and O–H groups in total. The summed E-state index contributed by atoms with van der Waals surface area (Å²) in [5.74, 6) is 1.29. The lowest BCUT2D eigenvalue weighted by Gasteiger charge is -2.09. The van der Waals surface area contributed by atoms with Crippen LogP contribution in [0.4, 0.5) is 10.2 Å². The predicted octanol–water partition coefficient (Wildman–Crippen LogP) is 8.62. The molecule has 0 bridgehead atoms. The number of rotatable bonds is 5. The van der Waals surface area contributed by atoms with E-state index >= 15 is 0 Å². The summed E-state index contributed by atoms with van der Waals surface area (Å²) in [7, 11) is 0. The molecule has 220 valence electrons. The van der Waals surface area contributed by atoms with Crippen LogP contribution in [-0.2, 0) is 6.54 Å². The van der Waals surface area contributed by atoms with Crippen molar-refractivity contribution in [1.29, 1.82) is 0 Å². The van der Waals surface area contributed by atoms with Gasteiger partial charge in [-0.3, -0.25) is 9.97 Å². The normalized spacial score (nSPS) is 11.0. The maximum Gasteiger partial charge on any atom is 0.183 e. The van der Waals surface area contributed by atoms with Gasteiger partial charge in [0.05, 0.1) is 33.2 Å². The first-order valence-electron chi connectivity index (χ1n) is 12.9. The van der Waals surface area contributed by atoms with Crippen molar-refractivity contribution in [3.8, 4) is 23.0 Å². The summed E-state index contributed by atoms with van der Waals surface area (Å²) in [5, 5.41) is 6.37. The fourth-order valence-corrected chi connectivity index (χ4v) is 6.99. The quantitative estimate of drug-likeness (QED) is 0.178. The van der Waals surface area contributed by atoms with Gasteiger partial charge in [-0.15, -0.1) is 22.7 Å². The van der Waals surface area contributed by atoms with Gasteiger partial charge in [0.2, 0.25) is 0 Å². The van der Waals surface area contributed by atoms with Crippen LogP contribution in [-0.4, -0.2) is 39.9 Å². The lowest BCUT2D eigenvalue weighted by Crippen LogP contribution is -2.04. The van der Waals surface area contributed by atoms with E-state index in [-0.39, 0.29) is 5.82 Å². The van der Waals surface area contributed by atoms with Gasteiger partial charge in [0.15, 0.2) is 11.6 Å². The molecule has 0 amide bonds. The molecule has 0 aliphatic carbocycles. The highest BCUT2D eigenvalue weighted by Crippen LogP contribution is 2.39. The third-order valence-corrected chi connectivity index (χ3v) is 9.66. The number of nitrogens with zero attached hydrogens (tertiary/aromatic N) is 8. The fraction of sp³-hybridized carbons (Fsp3) is 0.103. The third-order valence-electron chi connectivity index (χ3n) is 6.22. The molecule has 7 aromatic rings. The Morgan fingerprint density at radius 3 is 1.82 bits per heavy atom. The number of aromatic nitrogens is 8. The molecule has 0 spiro atoms. The molecule has 0 unspecified atom stereocenters. The Morgan fingerprint density at radius 2 is 1.25 bits per heavy atom. The number of halogens is 4. The molecule has 7 rings (SSSR count). The average molecular weight is 683 g/mol. The van der Waals surface area contributed by atoms with Crippen molar-refractivity contribution in [2.45, 2.75) is 20.4 Å². The Kier molecular flexibility index (Phi) is 8.87. The molecule has 0 saturated carbocycles. The molecular formula is C29H19Cl3FN9S2. The molecule has 44 heavy (non-hydrogen) atoms. The van der Waals surface area contributed by atoms with Crippen molar-refractivity contribution in [2.75, 3.05) is 5.32 Å². The van der Waals surface area contributed by atoms with Gasteiger partial charge in [-0.2, -0.15) is 0 Å². The summed E-state index contributed by atoms with van der Waals surface area (Å²) in [5.41, 5.74) is 2.10. The van der Waals surface area contributed by atoms with Gasteiger partial charge in [0, 0.05) is 41.1 Å². The van der Waals surface area contributed by atoms with Crippen LogP contribution in [0.25, 0.3) is 43.5 Å². The van der Waals surface area contributed by atoms with Crippen LogP contribution in [0.1, 0.15) is 15.3 Å². The van der Waals surface area contributed by atoms with E-state index in [0.29, 0.717) is 56.0 Å². The maximum absolute atomic E-state index is 13.1. The molecule has 15 heteroatoms. The predicted molar refractivity (Wildman–Crippen MR) is 175 cm³/mol. The zero-order chi connectivity index (χ0) is 30.8. The van der Waals surface area contributed by atoms with Crippen LogP contribution < -0.4 is 5.32 Å². The zero-order valence-electron chi connectivity index (χ0n) is 22.9. The summed E-state index contributed by atoms with van der Waals surface area (Å²) >= 11 is 21.8. The molecule has 0 atom stereocenters. The Morgan fingerprint density at radius 1 is 0.705 bits per heavy atom. The summed E-state index contributed by atoms with van der Waals surface area (Å²) < 4.78 is 13.1. The van der Waals surface area contributed by atoms with Crippen molar-refractivity contribution in [1.82, 2.24) is 39.9 Å². The molecule has 0 radical (unpaired) electrons. The van der Waals surface area contributed by atoms with Crippen molar-refractivity contribution >= 4 is 83.7 Å². The van der Waals surface area contributed by atoms with E-state index in [1.54, 1.807) is 49.3 Å². The fourth-order valence-electron chi connectivity index (χ4n) is 4.09. The van der Waals surface area contributed by atoms with E-state index < -0.39 is 0 Å². The van der Waals surface area contributed by atoms with Crippen LogP contribution in [0.2, 0.25) is 15.2 Å². The van der Waals surface area contributed by atoms with E-state index in [4.69, 9.17) is 34.8 Å². The van der Waals surface area contributed by atoms with E-state index in [2.05, 4.69) is 45.2 Å². The molecule has 0 fully saturated rings. The number of aryl methyl sites for hydroxylation is 2. The standard InChI is InChI=1S/C18H13ClFN5S.C11H6Cl2N4S/c1-10-15(19)14-17(23-8-11-2-4-12(20)5-3-11)24-16(25-18(14)26-10)13-9-21-6-7-22-13;1-5-8(12)7-9(13)16-10(17-11(7)18-5)6-4-14-2-3-15-6/h2-7,9H,8H2,1H3,(H,23,24,25);2-4H,1H3. The van der Waals surface area contributed by atoms with Crippen LogP contribution in [0, 0.1) is 19.7 Å². The summed E-state index contributed by atoms with van der Waals surface area (Å²) in [6.45, 7) is 4.35. The van der Waals surface area contributed by atoms with Gasteiger partial charge in [-0.1, -0.05) is 46.9 Å². The van der Waals surface area contributed by atoms with Crippen molar-refractivity contribution in [3.05, 3.63) is 97.8 Å². The van der Waals surface area contributed by atoms with Crippen molar-refractivity contribution in [3.63, 3.8) is 0 Å². The zero-order valence-corrected chi connectivity index (χ0v) is 26.8. The van der Waals surface area contributed by atoms with Crippen molar-refractivity contribution < 1.29 is 4.39 Å². The average Bonchev–Trinajstić information content (AvgIpc) is 3.50. The van der Waals surface area contributed by atoms with Crippen LogP contribution in [0.15, 0.2) is 61.4 Å². The Balaban J connectivity index is 0.000000167. The maximum atomic E-state index is 13.1. The lowest BCUT2D eigenvalue weighted by molar-refractivity contribution is 0.627. The molecular weight excluding hydrogens is 664 g/mol. The summed E-state index contributed by atoms with van der Waals surface area (Å²) in [6.07, 6.45) is 9.59. The van der Waals surface area contributed by atoms with Gasteiger partial charge in [-0.05, 0) is 31.5 Å². The minimum absolute atomic E-state index is 0.264. The highest BCUT2D eigenvalue weighted by atomic mass is 35.5. The Bertz CT molecular complexity index is 2090. The molecule has 1 aromatic carbocycles. The number of benzene rings is 1. The smallest absolute Gasteiger partial charge is 0.183 e. The van der Waals surface area contributed by atoms with Gasteiger partial charge >= 0.3 is 0 Å². The van der Waals surface area contributed by atoms with E-state index in [1.807, 2.05) is 13.8 Å². The first-order valence-corrected chi connectivity index (χ1v) is 15.6. The molecule has 0 aliphatic rings.